The number of benzene rings is 1. The molecule has 0 spiro atoms. The van der Waals surface area contributed by atoms with Crippen molar-refractivity contribution in [2.24, 2.45) is 0 Å². The maximum absolute atomic E-state index is 9.33. The van der Waals surface area contributed by atoms with E-state index in [9.17, 15) is 5.11 Å². The molecule has 4 nitrogen and oxygen atoms in total. The highest BCUT2D eigenvalue weighted by Gasteiger charge is 2.16. The molecule has 0 unspecified atom stereocenters. The Hall–Kier alpha value is -1.26. The molecule has 0 heterocycles. The molecule has 0 fully saturated rings. The predicted molar refractivity (Wildman–Crippen MR) is 62.6 cm³/mol. The maximum atomic E-state index is 9.33. The first-order chi connectivity index (χ1) is 7.44. The largest absolute Gasteiger partial charge is 0.504 e. The molecule has 0 bridgehead atoms. The zero-order valence-electron chi connectivity index (χ0n) is 9.95. The Balaban J connectivity index is 2.57. The van der Waals surface area contributed by atoms with Gasteiger partial charge < -0.3 is 20.3 Å². The van der Waals surface area contributed by atoms with Crippen LogP contribution in [0.25, 0.3) is 0 Å². The highest BCUT2D eigenvalue weighted by atomic mass is 16.5. The Morgan fingerprint density at radius 2 is 1.94 bits per heavy atom. The van der Waals surface area contributed by atoms with E-state index >= 15 is 0 Å². The second kappa shape index (κ2) is 5.18. The van der Waals surface area contributed by atoms with E-state index in [2.05, 4.69) is 5.32 Å². The minimum Gasteiger partial charge on any atom is -0.504 e. The molecule has 1 aromatic rings. The summed E-state index contributed by atoms with van der Waals surface area (Å²) in [6.45, 7) is 5.30. The van der Waals surface area contributed by atoms with Gasteiger partial charge in [-0.1, -0.05) is 6.07 Å². The minimum atomic E-state index is -0.123. The highest BCUT2D eigenvalue weighted by molar-refractivity contribution is 5.40. The third-order valence-corrected chi connectivity index (χ3v) is 2.32. The molecular weight excluding hydrogens is 206 g/mol. The molecule has 0 radical (unpaired) electrons. The van der Waals surface area contributed by atoms with Crippen molar-refractivity contribution >= 4 is 0 Å². The standard InChI is InChI=1S/C12H19NO3/c1-12(2,8-16-3)13-7-9-4-5-10(14)11(15)6-9/h4-6,13-15H,7-8H2,1-3H3. The molecule has 3 N–H and O–H groups in total. The van der Waals surface area contributed by atoms with Crippen molar-refractivity contribution in [3.8, 4) is 11.5 Å². The average molecular weight is 225 g/mol. The summed E-state index contributed by atoms with van der Waals surface area (Å²) in [4.78, 5) is 0. The summed E-state index contributed by atoms with van der Waals surface area (Å²) < 4.78 is 5.09. The van der Waals surface area contributed by atoms with Crippen molar-refractivity contribution in [2.45, 2.75) is 25.9 Å². The van der Waals surface area contributed by atoms with Gasteiger partial charge in [-0.3, -0.25) is 0 Å². The lowest BCUT2D eigenvalue weighted by Crippen LogP contribution is -2.42. The summed E-state index contributed by atoms with van der Waals surface area (Å²) >= 11 is 0. The fraction of sp³-hybridized carbons (Fsp3) is 0.500. The normalized spacial score (nSPS) is 11.7. The molecule has 0 aliphatic heterocycles. The Morgan fingerprint density at radius 3 is 2.50 bits per heavy atom. The van der Waals surface area contributed by atoms with Crippen molar-refractivity contribution in [3.63, 3.8) is 0 Å². The summed E-state index contributed by atoms with van der Waals surface area (Å²) in [7, 11) is 1.66. The van der Waals surface area contributed by atoms with E-state index in [1.165, 1.54) is 6.07 Å². The first-order valence-electron chi connectivity index (χ1n) is 5.19. The van der Waals surface area contributed by atoms with Crippen LogP contribution < -0.4 is 5.32 Å². The first kappa shape index (κ1) is 12.8. The van der Waals surface area contributed by atoms with Gasteiger partial charge in [-0.25, -0.2) is 0 Å². The molecule has 0 saturated heterocycles. The highest BCUT2D eigenvalue weighted by Crippen LogP contribution is 2.24. The average Bonchev–Trinajstić information content (AvgIpc) is 2.20. The van der Waals surface area contributed by atoms with Crippen LogP contribution in [-0.4, -0.2) is 29.5 Å². The van der Waals surface area contributed by atoms with E-state index in [-0.39, 0.29) is 17.0 Å². The van der Waals surface area contributed by atoms with Gasteiger partial charge >= 0.3 is 0 Å². The van der Waals surface area contributed by atoms with Gasteiger partial charge in [-0.15, -0.1) is 0 Å². The second-order valence-corrected chi connectivity index (χ2v) is 4.49. The molecule has 0 aliphatic carbocycles. The zero-order chi connectivity index (χ0) is 12.2. The lowest BCUT2D eigenvalue weighted by atomic mass is 10.1. The molecule has 1 rings (SSSR count). The smallest absolute Gasteiger partial charge is 0.157 e. The van der Waals surface area contributed by atoms with Crippen molar-refractivity contribution < 1.29 is 14.9 Å². The second-order valence-electron chi connectivity index (χ2n) is 4.49. The zero-order valence-corrected chi connectivity index (χ0v) is 9.95. The minimum absolute atomic E-state index is 0.0937. The van der Waals surface area contributed by atoms with E-state index in [0.29, 0.717) is 13.2 Å². The van der Waals surface area contributed by atoms with Gasteiger partial charge in [0.25, 0.3) is 0 Å². The van der Waals surface area contributed by atoms with Crippen LogP contribution in [0.4, 0.5) is 0 Å². The summed E-state index contributed by atoms with van der Waals surface area (Å²) in [5.74, 6) is -0.191. The van der Waals surface area contributed by atoms with Crippen LogP contribution in [0.3, 0.4) is 0 Å². The lowest BCUT2D eigenvalue weighted by Gasteiger charge is -2.25. The van der Waals surface area contributed by atoms with Crippen molar-refractivity contribution in [2.75, 3.05) is 13.7 Å². The third kappa shape index (κ3) is 3.72. The van der Waals surface area contributed by atoms with Crippen LogP contribution in [0.5, 0.6) is 11.5 Å². The first-order valence-corrected chi connectivity index (χ1v) is 5.19. The van der Waals surface area contributed by atoms with Crippen LogP contribution in [0.2, 0.25) is 0 Å². The number of phenols is 2. The maximum Gasteiger partial charge on any atom is 0.157 e. The predicted octanol–water partition coefficient (Wildman–Crippen LogP) is 1.61. The Kier molecular flexibility index (Phi) is 4.15. The number of rotatable bonds is 5. The molecule has 16 heavy (non-hydrogen) atoms. The van der Waals surface area contributed by atoms with Crippen LogP contribution in [-0.2, 0) is 11.3 Å². The Morgan fingerprint density at radius 1 is 1.25 bits per heavy atom. The monoisotopic (exact) mass is 225 g/mol. The SMILES string of the molecule is COCC(C)(C)NCc1ccc(O)c(O)c1. The molecule has 90 valence electrons. The van der Waals surface area contributed by atoms with E-state index in [0.717, 1.165) is 5.56 Å². The number of methoxy groups -OCH3 is 1. The van der Waals surface area contributed by atoms with Gasteiger partial charge in [0.15, 0.2) is 11.5 Å². The van der Waals surface area contributed by atoms with Crippen LogP contribution in [0.15, 0.2) is 18.2 Å². The summed E-state index contributed by atoms with van der Waals surface area (Å²) in [6.07, 6.45) is 0. The lowest BCUT2D eigenvalue weighted by molar-refractivity contribution is 0.127. The van der Waals surface area contributed by atoms with E-state index < -0.39 is 0 Å². The van der Waals surface area contributed by atoms with Gasteiger partial charge in [0, 0.05) is 19.2 Å². The number of ether oxygens (including phenoxy) is 1. The number of nitrogens with one attached hydrogen (secondary N) is 1. The van der Waals surface area contributed by atoms with Gasteiger partial charge in [-0.05, 0) is 31.5 Å². The van der Waals surface area contributed by atoms with Gasteiger partial charge in [-0.2, -0.15) is 0 Å². The molecule has 1 aromatic carbocycles. The molecule has 0 atom stereocenters. The number of phenolic OH excluding ortho intramolecular Hbond substituents is 2. The van der Waals surface area contributed by atoms with Crippen LogP contribution >= 0.6 is 0 Å². The summed E-state index contributed by atoms with van der Waals surface area (Å²) in [5, 5.41) is 21.8. The molecule has 0 aromatic heterocycles. The van der Waals surface area contributed by atoms with Crippen molar-refractivity contribution in [3.05, 3.63) is 23.8 Å². The number of hydrogen-bond acceptors (Lipinski definition) is 4. The van der Waals surface area contributed by atoms with Crippen LogP contribution in [0.1, 0.15) is 19.4 Å². The van der Waals surface area contributed by atoms with Gasteiger partial charge in [0.1, 0.15) is 0 Å². The number of aromatic hydroxyl groups is 2. The van der Waals surface area contributed by atoms with E-state index in [4.69, 9.17) is 9.84 Å². The van der Waals surface area contributed by atoms with Gasteiger partial charge in [0.2, 0.25) is 0 Å². The third-order valence-electron chi connectivity index (χ3n) is 2.32. The molecule has 0 aliphatic rings. The fourth-order valence-electron chi connectivity index (χ4n) is 1.43. The quantitative estimate of drug-likeness (QED) is 0.666. The topological polar surface area (TPSA) is 61.7 Å². The Labute approximate surface area is 95.9 Å². The van der Waals surface area contributed by atoms with Crippen LogP contribution in [0, 0.1) is 0 Å². The van der Waals surface area contributed by atoms with E-state index in [1.54, 1.807) is 19.2 Å². The summed E-state index contributed by atoms with van der Waals surface area (Å²) in [6, 6.07) is 4.80. The van der Waals surface area contributed by atoms with Crippen molar-refractivity contribution in [1.29, 1.82) is 0 Å². The van der Waals surface area contributed by atoms with Gasteiger partial charge in [0.05, 0.1) is 6.61 Å². The molecular formula is C12H19NO3. The molecule has 0 saturated carbocycles. The van der Waals surface area contributed by atoms with E-state index in [1.807, 2.05) is 13.8 Å². The molecule has 0 amide bonds. The Bertz CT molecular complexity index is 350. The van der Waals surface area contributed by atoms with Crippen molar-refractivity contribution in [1.82, 2.24) is 5.32 Å². The molecule has 4 heteroatoms. The number of hydrogen-bond donors (Lipinski definition) is 3. The fourth-order valence-corrected chi connectivity index (χ4v) is 1.43. The summed E-state index contributed by atoms with van der Waals surface area (Å²) in [5.41, 5.74) is 0.793.